The molecule has 11 rings (SSSR count). The Morgan fingerprint density at radius 1 is 0.299 bits per heavy atom. The Morgan fingerprint density at radius 3 is 1.06 bits per heavy atom. The zero-order chi connectivity index (χ0) is 112. The second kappa shape index (κ2) is 55.1. The van der Waals surface area contributed by atoms with Gasteiger partial charge in [-0.1, -0.05) is 127 Å². The van der Waals surface area contributed by atoms with Crippen molar-refractivity contribution in [2.75, 3.05) is 6.26 Å². The van der Waals surface area contributed by atoms with Gasteiger partial charge in [0.15, 0.2) is 9.84 Å². The molecule has 0 heterocycles. The van der Waals surface area contributed by atoms with E-state index in [1.165, 1.54) is 36.4 Å². The zero-order valence-electron chi connectivity index (χ0n) is 69.1. The number of halogens is 27. The monoisotopic (exact) mass is 2300 g/mol. The van der Waals surface area contributed by atoms with Crippen LogP contribution >= 0.6 is 109 Å². The summed E-state index contributed by atoms with van der Waals surface area (Å²) < 4.78 is 245. The Labute approximate surface area is 832 Å². The molecule has 0 unspecified atom stereocenters. The number of aryl methyl sites for hydroxylation is 2. The van der Waals surface area contributed by atoms with Gasteiger partial charge in [0.25, 0.3) is 39.8 Å². The molecule has 0 saturated carbocycles. The van der Waals surface area contributed by atoms with E-state index in [0.29, 0.717) is 59.1 Å². The van der Waals surface area contributed by atoms with E-state index in [2.05, 4.69) is 15.9 Å². The summed E-state index contributed by atoms with van der Waals surface area (Å²) in [7, 11) is -3.55. The van der Waals surface area contributed by atoms with Gasteiger partial charge in [0, 0.05) is 83.5 Å². The number of nitro benzene ring substituents is 13. The molecule has 42 nitrogen and oxygen atoms in total. The number of non-ortho nitro benzene ring substituents is 2. The lowest BCUT2D eigenvalue weighted by atomic mass is 10.1. The molecule has 0 spiro atoms. The fourth-order valence-corrected chi connectivity index (χ4v) is 11.3. The normalized spacial score (nSPS) is 10.5. The maximum Gasteiger partial charge on any atom is 0.418 e. The van der Waals surface area contributed by atoms with Crippen LogP contribution in [0.2, 0.25) is 40.2 Å². The summed E-state index contributed by atoms with van der Waals surface area (Å²) in [6, 6.07) is 28.8. The van der Waals surface area contributed by atoms with Crippen LogP contribution in [0.25, 0.3) is 0 Å². The standard InChI is InChI=1S/C7H2ClF4NO2.C7H2ClF3N2O4.C7H3ClF3NO2.C7H3ClN2O2.2C7H6ClNO2.C7H3F4NO2.C7H6FNO4S.C6H3BrFNO2.C6H2Cl2FNO2.C6H3FN2O4/c8-4-1-3(7(10,11)12)2-5(6(4)9)13(14)15;8-6-4(7(9,10)11)1-3(12(14)15)2-5(6)13(16)17;8-5-2-1-4(7(9,10)11)3-6(5)12(13)14;8-6-2-1-5(4-9)3-7(6)10(11)12;1-5-2-3-6(8)7(4-5)9(10)11;1-5-3-2-4-6(7(5)8)9(10)11;8-5-2-1-4(7(9,10)11)3-6(5)12(13)14;1-14(12,13)5-2-3-6(8)7(4-5)9(10)11;7-4-1-2-6(9(10)11)5(8)3-4;7-3-1-5(9)6(10(11)12)2-4(3)8;7-5-2-1-4(8(10)11)3-6(5)9(12)13/h1-2H;1-2H;1-3H;1-3H;2*2-4H,1H3;1-3H;2-4H,1H3;1-3H;1-2H;1-3H. The third kappa shape index (κ3) is 40.7. The predicted molar refractivity (Wildman–Crippen MR) is 472 cm³/mol. The molecule has 0 fully saturated rings. The molecule has 0 aromatic heterocycles. The summed E-state index contributed by atoms with van der Waals surface area (Å²) in [6.07, 6.45) is -18.2. The van der Waals surface area contributed by atoms with Gasteiger partial charge in [0.2, 0.25) is 34.9 Å². The van der Waals surface area contributed by atoms with Gasteiger partial charge in [-0.15, -0.1) is 0 Å². The molecule has 0 radical (unpaired) electrons. The lowest BCUT2D eigenvalue weighted by Gasteiger charge is -2.08. The third-order valence-electron chi connectivity index (χ3n) is 15.3. The summed E-state index contributed by atoms with van der Waals surface area (Å²) in [5.41, 5.74) is -12.7. The Bertz CT molecular complexity index is 6870. The lowest BCUT2D eigenvalue weighted by molar-refractivity contribution is -0.395. The molecular weight excluding hydrogens is 2270 g/mol. The minimum atomic E-state index is -5.01. The summed E-state index contributed by atoms with van der Waals surface area (Å²) in [4.78, 5) is 121. The van der Waals surface area contributed by atoms with Crippen LogP contribution in [0, 0.1) is 192 Å². The molecule has 768 valence electrons. The summed E-state index contributed by atoms with van der Waals surface area (Å²) >= 11 is 46.1. The van der Waals surface area contributed by atoms with Crippen LogP contribution in [0.4, 0.5) is 153 Å². The van der Waals surface area contributed by atoms with E-state index in [-0.39, 0.29) is 75.9 Å². The minimum absolute atomic E-state index is 0.0355. The van der Waals surface area contributed by atoms with E-state index >= 15 is 0 Å². The number of nitro groups is 13. The number of sulfone groups is 1. The molecule has 0 aliphatic carbocycles. The van der Waals surface area contributed by atoms with Crippen molar-refractivity contribution >= 4 is 193 Å². The Morgan fingerprint density at radius 2 is 0.660 bits per heavy atom. The van der Waals surface area contributed by atoms with Crippen molar-refractivity contribution in [2.24, 2.45) is 0 Å². The van der Waals surface area contributed by atoms with Crippen LogP contribution in [0.5, 0.6) is 0 Å². The first-order chi connectivity index (χ1) is 65.9. The van der Waals surface area contributed by atoms with Crippen LogP contribution in [-0.4, -0.2) is 78.7 Å². The molecule has 0 aliphatic rings. The number of hydrogen-bond donors (Lipinski definition) is 0. The van der Waals surface area contributed by atoms with E-state index in [1.807, 2.05) is 0 Å². The van der Waals surface area contributed by atoms with Gasteiger partial charge in [-0.3, -0.25) is 131 Å². The average Bonchev–Trinajstić information content (AvgIpc) is 0.772. The summed E-state index contributed by atoms with van der Waals surface area (Å²) in [6.45, 7) is 3.51. The number of hydrogen-bond acceptors (Lipinski definition) is 29. The molecule has 11 aromatic carbocycles. The lowest BCUT2D eigenvalue weighted by Crippen LogP contribution is -2.08. The maximum absolute atomic E-state index is 12.9. The second-order valence-corrected chi connectivity index (χ2v) is 31.4. The smallest absolute Gasteiger partial charge is 0.258 e. The van der Waals surface area contributed by atoms with E-state index in [9.17, 15) is 219 Å². The molecule has 0 bridgehead atoms. The maximum atomic E-state index is 12.9. The molecule has 0 N–H and O–H groups in total. The van der Waals surface area contributed by atoms with Crippen molar-refractivity contribution in [1.29, 1.82) is 5.26 Å². The van der Waals surface area contributed by atoms with E-state index < -0.39 is 223 Å². The molecule has 0 atom stereocenters. The van der Waals surface area contributed by atoms with Crippen molar-refractivity contribution in [2.45, 2.75) is 43.4 Å². The van der Waals surface area contributed by atoms with Crippen molar-refractivity contribution in [3.63, 3.8) is 0 Å². The SMILES string of the molecule is CS(=O)(=O)c1ccc(F)c([N+](=O)[O-])c1.Cc1ccc(Cl)c([N+](=O)[O-])c1.Cc1cccc([N+](=O)[O-])c1Cl.N#Cc1ccc(Cl)c([N+](=O)[O-])c1.O=[N+]([O-])c1cc(C(F)(F)F)cc(Cl)c1F.O=[N+]([O-])c1cc(C(F)(F)F)ccc1Cl.O=[N+]([O-])c1cc(C(F)(F)F)ccc1F.O=[N+]([O-])c1cc(Cl)c(Cl)cc1F.O=[N+]([O-])c1cc([N+](=O)[O-])c(Cl)c(C(F)(F)F)c1.O=[N+]([O-])c1ccc(Br)cc1F.O=[N+]([O-])c1ccc(F)c([N+](=O)[O-])c1. The van der Waals surface area contributed by atoms with Gasteiger partial charge in [0.1, 0.15) is 25.1 Å². The van der Waals surface area contributed by atoms with E-state index in [1.54, 1.807) is 38.1 Å². The van der Waals surface area contributed by atoms with E-state index in [4.69, 9.17) is 98.1 Å². The summed E-state index contributed by atoms with van der Waals surface area (Å²) in [5.74, 6) is -6.73. The van der Waals surface area contributed by atoms with Crippen LogP contribution in [0.3, 0.4) is 0 Å². The molecule has 0 aliphatic heterocycles. The van der Waals surface area contributed by atoms with Gasteiger partial charge < -0.3 is 0 Å². The first-order valence-corrected chi connectivity index (χ1v) is 40.8. The van der Waals surface area contributed by atoms with Crippen molar-refractivity contribution in [1.82, 2.24) is 0 Å². The minimum Gasteiger partial charge on any atom is -0.258 e. The second-order valence-electron chi connectivity index (χ2n) is 25.3. The highest BCUT2D eigenvalue weighted by Crippen LogP contribution is 2.44. The van der Waals surface area contributed by atoms with E-state index in [0.717, 1.165) is 72.0 Å². The van der Waals surface area contributed by atoms with Crippen LogP contribution in [0.15, 0.2) is 191 Å². The highest BCUT2D eigenvalue weighted by Gasteiger charge is 2.40. The zero-order valence-corrected chi connectivity index (χ0v) is 77.6. The average molecular weight is 2310 g/mol. The van der Waals surface area contributed by atoms with Crippen molar-refractivity contribution in [3.8, 4) is 6.07 Å². The first kappa shape index (κ1) is 127. The quantitative estimate of drug-likeness (QED) is 0.0321. The number of alkyl halides is 12. The van der Waals surface area contributed by atoms with Crippen LogP contribution < -0.4 is 0 Å². The first-order valence-electron chi connectivity index (χ1n) is 35.1. The molecule has 0 amide bonds. The molecular formula is C74H39BrCl8F18N14O28S. The number of nitrogens with zero attached hydrogens (tertiary/aromatic N) is 14. The van der Waals surface area contributed by atoms with Crippen LogP contribution in [-0.2, 0) is 34.5 Å². The fraction of sp³-hybridized carbons (Fsp3) is 0.0946. The number of benzene rings is 11. The highest BCUT2D eigenvalue weighted by atomic mass is 79.9. The number of rotatable bonds is 14. The molecule has 0 saturated heterocycles. The molecule has 144 heavy (non-hydrogen) atoms. The van der Waals surface area contributed by atoms with Crippen molar-refractivity contribution < 1.29 is 151 Å². The Hall–Kier alpha value is -15.4. The Kier molecular flexibility index (Phi) is 48.5. The predicted octanol–water partition coefficient (Wildman–Crippen LogP) is 28.2. The van der Waals surface area contributed by atoms with Gasteiger partial charge in [-0.05, 0) is 104 Å². The van der Waals surface area contributed by atoms with Gasteiger partial charge in [-0.25, -0.2) is 8.42 Å². The number of nitriles is 1. The van der Waals surface area contributed by atoms with Gasteiger partial charge in [-0.2, -0.15) is 84.3 Å². The third-order valence-corrected chi connectivity index (χ3v) is 19.8. The largest absolute Gasteiger partial charge is 0.418 e. The molecule has 11 aromatic rings. The fourth-order valence-electron chi connectivity index (χ4n) is 8.72. The summed E-state index contributed by atoms with van der Waals surface area (Å²) in [5, 5.41) is 139. The van der Waals surface area contributed by atoms with Crippen LogP contribution in [0.1, 0.15) is 38.9 Å². The van der Waals surface area contributed by atoms with Gasteiger partial charge >= 0.3 is 58.8 Å². The Balaban J connectivity index is 0.000000794. The van der Waals surface area contributed by atoms with Crippen molar-refractivity contribution in [3.05, 3.63) is 432 Å². The highest BCUT2D eigenvalue weighted by molar-refractivity contribution is 9.10. The molecule has 70 heteroatoms. The topological polar surface area (TPSA) is 619 Å². The van der Waals surface area contributed by atoms with Gasteiger partial charge in [0.05, 0.1) is 130 Å².